The van der Waals surface area contributed by atoms with Crippen molar-refractivity contribution in [2.75, 3.05) is 0 Å². The largest absolute Gasteiger partial charge is 0.231 e. The molecule has 2 rings (SSSR count). The lowest BCUT2D eigenvalue weighted by Gasteiger charge is -2.15. The second kappa shape index (κ2) is 6.68. The number of rotatable bonds is 2. The first-order chi connectivity index (χ1) is 7.95. The van der Waals surface area contributed by atoms with Crippen LogP contribution in [0.1, 0.15) is 64.2 Å². The normalized spacial score (nSPS) is 23.2. The molecule has 0 aliphatic heterocycles. The van der Waals surface area contributed by atoms with Crippen molar-refractivity contribution in [3.05, 3.63) is 0 Å². The van der Waals surface area contributed by atoms with Crippen molar-refractivity contribution in [3.8, 4) is 0 Å². The molecule has 0 atom stereocenters. The Morgan fingerprint density at radius 3 is 1.31 bits per heavy atom. The Labute approximate surface area is 98.6 Å². The molecule has 0 unspecified atom stereocenters. The van der Waals surface area contributed by atoms with Crippen LogP contribution < -0.4 is 0 Å². The highest BCUT2D eigenvalue weighted by Crippen LogP contribution is 2.20. The Kier molecular flexibility index (Phi) is 4.86. The van der Waals surface area contributed by atoms with Gasteiger partial charge in [-0.25, -0.2) is 9.98 Å². The summed E-state index contributed by atoms with van der Waals surface area (Å²) >= 11 is 0. The Bertz CT molecular complexity index is 254. The highest BCUT2D eigenvalue weighted by molar-refractivity contribution is 5.88. The maximum Gasteiger partial charge on any atom is 0.0601 e. The first kappa shape index (κ1) is 11.6. The van der Waals surface area contributed by atoms with Crippen LogP contribution in [0.5, 0.6) is 0 Å². The Morgan fingerprint density at radius 2 is 0.938 bits per heavy atom. The van der Waals surface area contributed by atoms with Gasteiger partial charge in [0.15, 0.2) is 0 Å². The Hall–Kier alpha value is -0.840. The standard InChI is InChI=1S/C14H22N2/c1-3-7-13(8-4-1)15-11-12-16-14-9-5-2-6-10-14/h13-14H,1-10H2. The third kappa shape index (κ3) is 3.96. The van der Waals surface area contributed by atoms with E-state index in [0.29, 0.717) is 12.1 Å². The molecule has 0 amide bonds. The molecule has 88 valence electrons. The Morgan fingerprint density at radius 1 is 0.562 bits per heavy atom. The highest BCUT2D eigenvalue weighted by atomic mass is 14.8. The summed E-state index contributed by atoms with van der Waals surface area (Å²) in [6.45, 7) is 0. The summed E-state index contributed by atoms with van der Waals surface area (Å²) in [7, 11) is 0. The van der Waals surface area contributed by atoms with Crippen LogP contribution in [0.3, 0.4) is 0 Å². The molecule has 0 radical (unpaired) electrons. The molecule has 0 saturated heterocycles. The average Bonchev–Trinajstić information content (AvgIpc) is 2.37. The maximum absolute atomic E-state index is 4.41. The van der Waals surface area contributed by atoms with Crippen LogP contribution in [0.25, 0.3) is 0 Å². The molecule has 16 heavy (non-hydrogen) atoms. The van der Waals surface area contributed by atoms with Gasteiger partial charge in [0, 0.05) is 0 Å². The van der Waals surface area contributed by atoms with Crippen LogP contribution in [0.15, 0.2) is 9.98 Å². The molecule has 0 spiro atoms. The lowest BCUT2D eigenvalue weighted by molar-refractivity contribution is 0.444. The minimum absolute atomic E-state index is 0.503. The van der Waals surface area contributed by atoms with Crippen molar-refractivity contribution in [3.63, 3.8) is 0 Å². The van der Waals surface area contributed by atoms with Crippen molar-refractivity contribution >= 4 is 11.7 Å². The number of hydrogen-bond donors (Lipinski definition) is 0. The van der Waals surface area contributed by atoms with E-state index in [-0.39, 0.29) is 0 Å². The van der Waals surface area contributed by atoms with E-state index in [1.54, 1.807) is 0 Å². The summed E-state index contributed by atoms with van der Waals surface area (Å²) in [5.74, 6) is 5.82. The van der Waals surface area contributed by atoms with Crippen molar-refractivity contribution in [1.29, 1.82) is 0 Å². The maximum atomic E-state index is 4.41. The van der Waals surface area contributed by atoms with E-state index in [1.807, 2.05) is 0 Å². The van der Waals surface area contributed by atoms with Crippen LogP contribution in [-0.2, 0) is 0 Å². The molecule has 0 bridgehead atoms. The molecule has 2 heteroatoms. The van der Waals surface area contributed by atoms with Gasteiger partial charge in [0.05, 0.1) is 23.8 Å². The average molecular weight is 218 g/mol. The van der Waals surface area contributed by atoms with Gasteiger partial charge in [0.25, 0.3) is 0 Å². The van der Waals surface area contributed by atoms with E-state index in [4.69, 9.17) is 0 Å². The molecule has 2 nitrogen and oxygen atoms in total. The fourth-order valence-corrected chi connectivity index (χ4v) is 2.66. The second-order valence-electron chi connectivity index (χ2n) is 5.07. The zero-order valence-corrected chi connectivity index (χ0v) is 10.1. The lowest BCUT2D eigenvalue weighted by atomic mass is 9.96. The van der Waals surface area contributed by atoms with Gasteiger partial charge in [-0.05, 0) is 25.7 Å². The molecule has 0 aromatic carbocycles. The molecule has 0 heterocycles. The molecule has 2 saturated carbocycles. The predicted octanol–water partition coefficient (Wildman–Crippen LogP) is 3.55. The zero-order valence-electron chi connectivity index (χ0n) is 10.1. The molecule has 0 N–H and O–H groups in total. The van der Waals surface area contributed by atoms with E-state index >= 15 is 0 Å². The van der Waals surface area contributed by atoms with E-state index in [1.165, 1.54) is 64.2 Å². The van der Waals surface area contributed by atoms with Crippen molar-refractivity contribution < 1.29 is 0 Å². The Balaban J connectivity index is 1.81. The van der Waals surface area contributed by atoms with Gasteiger partial charge in [0.1, 0.15) is 0 Å². The number of hydrogen-bond acceptors (Lipinski definition) is 2. The van der Waals surface area contributed by atoms with E-state index < -0.39 is 0 Å². The third-order valence-corrected chi connectivity index (χ3v) is 3.69. The van der Waals surface area contributed by atoms with Gasteiger partial charge < -0.3 is 0 Å². The van der Waals surface area contributed by atoms with E-state index in [2.05, 4.69) is 21.7 Å². The van der Waals surface area contributed by atoms with Crippen LogP contribution in [0.2, 0.25) is 0 Å². The monoisotopic (exact) mass is 218 g/mol. The van der Waals surface area contributed by atoms with Crippen LogP contribution in [0, 0.1) is 0 Å². The first-order valence-electron chi connectivity index (χ1n) is 6.85. The van der Waals surface area contributed by atoms with Crippen molar-refractivity contribution in [2.45, 2.75) is 76.3 Å². The first-order valence-corrected chi connectivity index (χ1v) is 6.85. The van der Waals surface area contributed by atoms with Crippen LogP contribution >= 0.6 is 0 Å². The molecule has 0 aromatic rings. The van der Waals surface area contributed by atoms with Gasteiger partial charge in [-0.15, -0.1) is 0 Å². The van der Waals surface area contributed by atoms with Crippen LogP contribution in [-0.4, -0.2) is 23.8 Å². The quantitative estimate of drug-likeness (QED) is 0.633. The molecule has 2 aliphatic carbocycles. The fourth-order valence-electron chi connectivity index (χ4n) is 2.66. The van der Waals surface area contributed by atoms with Gasteiger partial charge in [-0.3, -0.25) is 0 Å². The summed E-state index contributed by atoms with van der Waals surface area (Å²) in [4.78, 5) is 8.83. The summed E-state index contributed by atoms with van der Waals surface area (Å²) < 4.78 is 0. The second-order valence-corrected chi connectivity index (χ2v) is 5.07. The van der Waals surface area contributed by atoms with Crippen molar-refractivity contribution in [1.82, 2.24) is 0 Å². The van der Waals surface area contributed by atoms with E-state index in [0.717, 1.165) is 0 Å². The molecule has 2 fully saturated rings. The van der Waals surface area contributed by atoms with Crippen molar-refractivity contribution in [2.24, 2.45) is 9.98 Å². The summed E-state index contributed by atoms with van der Waals surface area (Å²) in [5.41, 5.74) is 0. The van der Waals surface area contributed by atoms with Gasteiger partial charge in [-0.2, -0.15) is 0 Å². The number of aliphatic imine (C=N–C) groups is 2. The molecule has 2 aliphatic rings. The minimum Gasteiger partial charge on any atom is -0.231 e. The smallest absolute Gasteiger partial charge is 0.0601 e. The number of nitrogens with zero attached hydrogens (tertiary/aromatic N) is 2. The lowest BCUT2D eigenvalue weighted by Crippen LogP contribution is -2.09. The zero-order chi connectivity index (χ0) is 11.1. The fraction of sp³-hybridized carbons (Fsp3) is 0.857. The highest BCUT2D eigenvalue weighted by Gasteiger charge is 2.11. The molecular formula is C14H22N2. The summed E-state index contributed by atoms with van der Waals surface area (Å²) in [5, 5.41) is 0. The van der Waals surface area contributed by atoms with Gasteiger partial charge >= 0.3 is 0 Å². The summed E-state index contributed by atoms with van der Waals surface area (Å²) in [6, 6.07) is 1.01. The molecule has 0 aromatic heterocycles. The summed E-state index contributed by atoms with van der Waals surface area (Å²) in [6.07, 6.45) is 13.0. The van der Waals surface area contributed by atoms with Crippen LogP contribution in [0.4, 0.5) is 0 Å². The third-order valence-electron chi connectivity index (χ3n) is 3.69. The van der Waals surface area contributed by atoms with E-state index in [9.17, 15) is 0 Å². The minimum atomic E-state index is 0.503. The van der Waals surface area contributed by atoms with Gasteiger partial charge in [-0.1, -0.05) is 38.5 Å². The van der Waals surface area contributed by atoms with Gasteiger partial charge in [0.2, 0.25) is 0 Å². The predicted molar refractivity (Wildman–Crippen MR) is 68.6 cm³/mol. The molecular weight excluding hydrogens is 196 g/mol. The SMILES string of the molecule is C(=C=NC1CCCCC1)=NC1CCCCC1. The topological polar surface area (TPSA) is 24.7 Å².